The molecule has 5 nitrogen and oxygen atoms in total. The molecule has 0 aromatic heterocycles. The van der Waals surface area contributed by atoms with E-state index in [1.165, 1.54) is 6.42 Å². The van der Waals surface area contributed by atoms with E-state index < -0.39 is 0 Å². The Hall–Kier alpha value is -1.59. The molecule has 1 saturated carbocycles. The van der Waals surface area contributed by atoms with Gasteiger partial charge in [-0.2, -0.15) is 0 Å². The number of anilines is 1. The lowest BCUT2D eigenvalue weighted by Crippen LogP contribution is -2.36. The van der Waals surface area contributed by atoms with Crippen molar-refractivity contribution in [3.63, 3.8) is 0 Å². The molecule has 2 fully saturated rings. The summed E-state index contributed by atoms with van der Waals surface area (Å²) >= 11 is 6.19. The fourth-order valence-electron chi connectivity index (χ4n) is 3.41. The summed E-state index contributed by atoms with van der Waals surface area (Å²) in [4.78, 5) is 24.7. The van der Waals surface area contributed by atoms with Gasteiger partial charge in [-0.1, -0.05) is 30.9 Å². The Morgan fingerprint density at radius 1 is 1.12 bits per heavy atom. The third-order valence-corrected chi connectivity index (χ3v) is 5.18. The lowest BCUT2D eigenvalue weighted by atomic mass is 9.95. The number of rotatable bonds is 4. The van der Waals surface area contributed by atoms with Crippen molar-refractivity contribution >= 4 is 29.1 Å². The van der Waals surface area contributed by atoms with Gasteiger partial charge in [0.05, 0.1) is 16.5 Å². The fraction of sp³-hybridized carbons (Fsp3) is 0.556. The fourth-order valence-corrected chi connectivity index (χ4v) is 3.61. The van der Waals surface area contributed by atoms with Gasteiger partial charge in [0.15, 0.2) is 0 Å². The minimum atomic E-state index is -0.162. The van der Waals surface area contributed by atoms with E-state index in [-0.39, 0.29) is 23.8 Å². The molecule has 3 rings (SSSR count). The van der Waals surface area contributed by atoms with Gasteiger partial charge in [0.1, 0.15) is 0 Å². The molecule has 130 valence electrons. The number of nitrogens with one attached hydrogen (secondary N) is 3. The molecule has 1 saturated heterocycles. The van der Waals surface area contributed by atoms with E-state index in [2.05, 4.69) is 16.0 Å². The Balaban J connectivity index is 1.66. The highest BCUT2D eigenvalue weighted by Crippen LogP contribution is 2.23. The van der Waals surface area contributed by atoms with Crippen molar-refractivity contribution in [2.24, 2.45) is 5.92 Å². The Morgan fingerprint density at radius 2 is 1.92 bits per heavy atom. The van der Waals surface area contributed by atoms with Crippen LogP contribution in [-0.2, 0) is 4.79 Å². The number of amides is 2. The SMILES string of the molecule is O=C(NC1CCCCC1)c1cc(NC(=O)C2CCNC2)ccc1Cl. The molecule has 1 heterocycles. The molecule has 24 heavy (non-hydrogen) atoms. The highest BCUT2D eigenvalue weighted by Gasteiger charge is 2.23. The zero-order valence-corrected chi connectivity index (χ0v) is 14.5. The molecule has 0 spiro atoms. The summed E-state index contributed by atoms with van der Waals surface area (Å²) in [6.45, 7) is 1.57. The summed E-state index contributed by atoms with van der Waals surface area (Å²) in [6.07, 6.45) is 6.44. The summed E-state index contributed by atoms with van der Waals surface area (Å²) in [6, 6.07) is 5.30. The van der Waals surface area contributed by atoms with Gasteiger partial charge < -0.3 is 16.0 Å². The number of hydrogen-bond donors (Lipinski definition) is 3. The molecule has 0 radical (unpaired) electrons. The van der Waals surface area contributed by atoms with Crippen molar-refractivity contribution < 1.29 is 9.59 Å². The maximum absolute atomic E-state index is 12.5. The summed E-state index contributed by atoms with van der Waals surface area (Å²) in [5.41, 5.74) is 1.04. The second-order valence-electron chi connectivity index (χ2n) is 6.68. The largest absolute Gasteiger partial charge is 0.349 e. The molecule has 1 unspecified atom stereocenters. The van der Waals surface area contributed by atoms with E-state index >= 15 is 0 Å². The van der Waals surface area contributed by atoms with Crippen molar-refractivity contribution in [3.8, 4) is 0 Å². The first-order valence-corrected chi connectivity index (χ1v) is 9.13. The van der Waals surface area contributed by atoms with Crippen molar-refractivity contribution in [3.05, 3.63) is 28.8 Å². The van der Waals surface area contributed by atoms with Crippen molar-refractivity contribution in [2.75, 3.05) is 18.4 Å². The Kier molecular flexibility index (Phi) is 5.74. The molecule has 1 atom stereocenters. The number of carbonyl (C=O) groups is 2. The summed E-state index contributed by atoms with van der Waals surface area (Å²) < 4.78 is 0. The van der Waals surface area contributed by atoms with E-state index in [4.69, 9.17) is 11.6 Å². The van der Waals surface area contributed by atoms with E-state index in [1.807, 2.05) is 0 Å². The summed E-state index contributed by atoms with van der Waals surface area (Å²) in [5, 5.41) is 9.54. The molecule has 1 aliphatic heterocycles. The lowest BCUT2D eigenvalue weighted by molar-refractivity contribution is -0.119. The lowest BCUT2D eigenvalue weighted by Gasteiger charge is -2.23. The predicted octanol–water partition coefficient (Wildman–Crippen LogP) is 2.95. The van der Waals surface area contributed by atoms with Gasteiger partial charge in [0.2, 0.25) is 5.91 Å². The highest BCUT2D eigenvalue weighted by molar-refractivity contribution is 6.34. The van der Waals surface area contributed by atoms with E-state index in [0.717, 1.165) is 38.6 Å². The second-order valence-corrected chi connectivity index (χ2v) is 7.09. The van der Waals surface area contributed by atoms with Crippen LogP contribution in [0.4, 0.5) is 5.69 Å². The molecule has 1 aromatic carbocycles. The van der Waals surface area contributed by atoms with Crippen LogP contribution in [0.2, 0.25) is 5.02 Å². The average molecular weight is 350 g/mol. The smallest absolute Gasteiger partial charge is 0.253 e. The van der Waals surface area contributed by atoms with Crippen molar-refractivity contribution in [1.29, 1.82) is 0 Å². The third-order valence-electron chi connectivity index (χ3n) is 4.85. The number of benzene rings is 1. The Bertz CT molecular complexity index is 608. The number of halogens is 1. The standard InChI is InChI=1S/C18H24ClN3O2/c19-16-7-6-14(22-17(23)12-8-9-20-11-12)10-15(16)18(24)21-13-4-2-1-3-5-13/h6-7,10,12-13,20H,1-5,8-9,11H2,(H,21,24)(H,22,23). The first-order chi connectivity index (χ1) is 11.6. The Morgan fingerprint density at radius 3 is 2.62 bits per heavy atom. The first kappa shape index (κ1) is 17.2. The zero-order chi connectivity index (χ0) is 16.9. The maximum atomic E-state index is 12.5. The van der Waals surface area contributed by atoms with Crippen molar-refractivity contribution in [2.45, 2.75) is 44.6 Å². The van der Waals surface area contributed by atoms with Crippen LogP contribution in [0.3, 0.4) is 0 Å². The van der Waals surface area contributed by atoms with Crippen LogP contribution in [0.5, 0.6) is 0 Å². The first-order valence-electron chi connectivity index (χ1n) is 8.75. The quantitative estimate of drug-likeness (QED) is 0.782. The van der Waals surface area contributed by atoms with Crippen LogP contribution in [0.15, 0.2) is 18.2 Å². The van der Waals surface area contributed by atoms with Crippen LogP contribution < -0.4 is 16.0 Å². The normalized spacial score (nSPS) is 21.5. The molecular weight excluding hydrogens is 326 g/mol. The molecule has 2 aliphatic rings. The minimum absolute atomic E-state index is 0.0130. The van der Waals surface area contributed by atoms with Gasteiger partial charge >= 0.3 is 0 Å². The van der Waals surface area contributed by atoms with E-state index in [0.29, 0.717) is 22.8 Å². The monoisotopic (exact) mass is 349 g/mol. The second kappa shape index (κ2) is 7.99. The molecule has 2 amide bonds. The van der Waals surface area contributed by atoms with Crippen LogP contribution in [0.1, 0.15) is 48.9 Å². The molecule has 1 aliphatic carbocycles. The van der Waals surface area contributed by atoms with Gasteiger partial charge in [-0.05, 0) is 44.0 Å². The van der Waals surface area contributed by atoms with Crippen LogP contribution in [0, 0.1) is 5.92 Å². The van der Waals surface area contributed by atoms with Gasteiger partial charge in [-0.3, -0.25) is 9.59 Å². The minimum Gasteiger partial charge on any atom is -0.349 e. The van der Waals surface area contributed by atoms with Gasteiger partial charge in [0, 0.05) is 18.3 Å². The third kappa shape index (κ3) is 4.28. The number of hydrogen-bond acceptors (Lipinski definition) is 3. The molecule has 0 bridgehead atoms. The highest BCUT2D eigenvalue weighted by atomic mass is 35.5. The number of carbonyl (C=O) groups excluding carboxylic acids is 2. The summed E-state index contributed by atoms with van der Waals surface area (Å²) in [5.74, 6) is -0.188. The average Bonchev–Trinajstić information content (AvgIpc) is 3.12. The van der Waals surface area contributed by atoms with Crippen LogP contribution >= 0.6 is 11.6 Å². The van der Waals surface area contributed by atoms with Gasteiger partial charge in [0.25, 0.3) is 5.91 Å². The predicted molar refractivity (Wildman–Crippen MR) is 95.4 cm³/mol. The maximum Gasteiger partial charge on any atom is 0.253 e. The van der Waals surface area contributed by atoms with Gasteiger partial charge in [-0.25, -0.2) is 0 Å². The Labute approximate surface area is 147 Å². The zero-order valence-electron chi connectivity index (χ0n) is 13.7. The topological polar surface area (TPSA) is 70.2 Å². The molecule has 3 N–H and O–H groups in total. The molecule has 1 aromatic rings. The van der Waals surface area contributed by atoms with Crippen molar-refractivity contribution in [1.82, 2.24) is 10.6 Å². The summed E-state index contributed by atoms with van der Waals surface area (Å²) in [7, 11) is 0. The molecular formula is C18H24ClN3O2. The van der Waals surface area contributed by atoms with E-state index in [9.17, 15) is 9.59 Å². The van der Waals surface area contributed by atoms with Crippen LogP contribution in [0.25, 0.3) is 0 Å². The molecule has 6 heteroatoms. The van der Waals surface area contributed by atoms with Crippen LogP contribution in [-0.4, -0.2) is 30.9 Å². The van der Waals surface area contributed by atoms with Gasteiger partial charge in [-0.15, -0.1) is 0 Å². The van der Waals surface area contributed by atoms with E-state index in [1.54, 1.807) is 18.2 Å².